The molecule has 0 bridgehead atoms. The number of hydrogen-bond donors (Lipinski definition) is 1. The average molecular weight is 317 g/mol. The van der Waals surface area contributed by atoms with Crippen LogP contribution >= 0.6 is 0 Å². The molecule has 2 aromatic carbocycles. The first-order valence-corrected chi connectivity index (χ1v) is 7.19. The van der Waals surface area contributed by atoms with E-state index in [2.05, 4.69) is 5.32 Å². The number of ether oxygens (including phenoxy) is 3. The molecule has 5 nitrogen and oxygen atoms in total. The quantitative estimate of drug-likeness (QED) is 0.921. The van der Waals surface area contributed by atoms with E-state index in [1.54, 1.807) is 30.3 Å². The molecular weight excluding hydrogens is 301 g/mol. The monoisotopic (exact) mass is 317 g/mol. The fourth-order valence-corrected chi connectivity index (χ4v) is 2.23. The molecule has 2 aromatic rings. The standard InChI is InChI=1S/C17H16FNO4/c1-11(12-2-4-13(18)5-3-12)19-17(20)9-21-14-6-7-15-16(8-14)23-10-22-15/h2-8,11H,9-10H2,1H3,(H,19,20)/t11-/m0/s1. The zero-order chi connectivity index (χ0) is 16.2. The lowest BCUT2D eigenvalue weighted by Gasteiger charge is -2.14. The molecule has 1 aliphatic rings. The van der Waals surface area contributed by atoms with Gasteiger partial charge in [0, 0.05) is 6.07 Å². The first-order valence-electron chi connectivity index (χ1n) is 7.19. The molecule has 1 heterocycles. The van der Waals surface area contributed by atoms with Crippen LogP contribution in [-0.4, -0.2) is 19.3 Å². The van der Waals surface area contributed by atoms with Gasteiger partial charge in [-0.3, -0.25) is 4.79 Å². The minimum absolute atomic E-state index is 0.120. The molecule has 1 atom stereocenters. The van der Waals surface area contributed by atoms with E-state index in [0.29, 0.717) is 17.2 Å². The molecule has 120 valence electrons. The number of fused-ring (bicyclic) bond motifs is 1. The fraction of sp³-hybridized carbons (Fsp3) is 0.235. The number of hydrogen-bond acceptors (Lipinski definition) is 4. The Morgan fingerprint density at radius 2 is 1.96 bits per heavy atom. The Morgan fingerprint density at radius 3 is 2.74 bits per heavy atom. The summed E-state index contributed by atoms with van der Waals surface area (Å²) in [7, 11) is 0. The number of rotatable bonds is 5. The molecule has 1 N–H and O–H groups in total. The van der Waals surface area contributed by atoms with E-state index in [1.165, 1.54) is 12.1 Å². The summed E-state index contributed by atoms with van der Waals surface area (Å²) >= 11 is 0. The van der Waals surface area contributed by atoms with Crippen LogP contribution in [0, 0.1) is 5.82 Å². The Hall–Kier alpha value is -2.76. The van der Waals surface area contributed by atoms with Gasteiger partial charge in [0.1, 0.15) is 11.6 Å². The maximum absolute atomic E-state index is 12.9. The summed E-state index contributed by atoms with van der Waals surface area (Å²) in [5, 5.41) is 2.80. The smallest absolute Gasteiger partial charge is 0.258 e. The molecule has 6 heteroatoms. The highest BCUT2D eigenvalue weighted by atomic mass is 19.1. The van der Waals surface area contributed by atoms with E-state index in [4.69, 9.17) is 14.2 Å². The second kappa shape index (κ2) is 6.56. The van der Waals surface area contributed by atoms with Crippen molar-refractivity contribution >= 4 is 5.91 Å². The van der Waals surface area contributed by atoms with Gasteiger partial charge in [-0.2, -0.15) is 0 Å². The predicted molar refractivity (Wildman–Crippen MR) is 81.0 cm³/mol. The van der Waals surface area contributed by atoms with Crippen LogP contribution in [0.4, 0.5) is 4.39 Å². The van der Waals surface area contributed by atoms with Crippen molar-refractivity contribution in [3.63, 3.8) is 0 Å². The molecule has 0 aromatic heterocycles. The van der Waals surface area contributed by atoms with Crippen LogP contribution in [0.3, 0.4) is 0 Å². The van der Waals surface area contributed by atoms with E-state index in [1.807, 2.05) is 6.92 Å². The van der Waals surface area contributed by atoms with Gasteiger partial charge >= 0.3 is 0 Å². The van der Waals surface area contributed by atoms with Crippen molar-refractivity contribution in [1.82, 2.24) is 5.32 Å². The first-order chi connectivity index (χ1) is 11.1. The zero-order valence-electron chi connectivity index (χ0n) is 12.5. The molecule has 0 fully saturated rings. The number of benzene rings is 2. The summed E-state index contributed by atoms with van der Waals surface area (Å²) in [6.07, 6.45) is 0. The summed E-state index contributed by atoms with van der Waals surface area (Å²) in [5.74, 6) is 1.21. The largest absolute Gasteiger partial charge is 0.484 e. The summed E-state index contributed by atoms with van der Waals surface area (Å²) in [4.78, 5) is 11.9. The van der Waals surface area contributed by atoms with Gasteiger partial charge < -0.3 is 19.5 Å². The van der Waals surface area contributed by atoms with Crippen LogP contribution in [-0.2, 0) is 4.79 Å². The number of amides is 1. The maximum Gasteiger partial charge on any atom is 0.258 e. The minimum Gasteiger partial charge on any atom is -0.484 e. The van der Waals surface area contributed by atoms with Gasteiger partial charge in [-0.1, -0.05) is 12.1 Å². The molecule has 0 radical (unpaired) electrons. The van der Waals surface area contributed by atoms with E-state index in [0.717, 1.165) is 5.56 Å². The van der Waals surface area contributed by atoms with Crippen LogP contribution in [0.5, 0.6) is 17.2 Å². The second-order valence-electron chi connectivity index (χ2n) is 5.14. The van der Waals surface area contributed by atoms with Crippen LogP contribution in [0.1, 0.15) is 18.5 Å². The van der Waals surface area contributed by atoms with Crippen molar-refractivity contribution in [2.24, 2.45) is 0 Å². The third kappa shape index (κ3) is 3.71. The van der Waals surface area contributed by atoms with Crippen molar-refractivity contribution in [1.29, 1.82) is 0 Å². The Morgan fingerprint density at radius 1 is 1.22 bits per heavy atom. The highest BCUT2D eigenvalue weighted by Gasteiger charge is 2.15. The lowest BCUT2D eigenvalue weighted by Crippen LogP contribution is -2.31. The molecule has 0 unspecified atom stereocenters. The number of carbonyl (C=O) groups excluding carboxylic acids is 1. The Labute approximate surface area is 133 Å². The number of nitrogens with one attached hydrogen (secondary N) is 1. The molecule has 1 amide bonds. The molecule has 0 saturated carbocycles. The minimum atomic E-state index is -0.307. The van der Waals surface area contributed by atoms with E-state index < -0.39 is 0 Å². The third-order valence-electron chi connectivity index (χ3n) is 3.46. The van der Waals surface area contributed by atoms with Crippen molar-refractivity contribution in [2.45, 2.75) is 13.0 Å². The van der Waals surface area contributed by atoms with Crippen molar-refractivity contribution in [3.05, 3.63) is 53.8 Å². The molecule has 3 rings (SSSR count). The van der Waals surface area contributed by atoms with Crippen molar-refractivity contribution in [3.8, 4) is 17.2 Å². The lowest BCUT2D eigenvalue weighted by atomic mass is 10.1. The van der Waals surface area contributed by atoms with E-state index in [-0.39, 0.29) is 31.2 Å². The molecule has 0 aliphatic carbocycles. The maximum atomic E-state index is 12.9. The Kier molecular flexibility index (Phi) is 4.32. The van der Waals surface area contributed by atoms with Gasteiger partial charge in [0.05, 0.1) is 6.04 Å². The molecule has 1 aliphatic heterocycles. The van der Waals surface area contributed by atoms with Crippen LogP contribution in [0.25, 0.3) is 0 Å². The van der Waals surface area contributed by atoms with Gasteiger partial charge in [0.25, 0.3) is 5.91 Å². The molecule has 23 heavy (non-hydrogen) atoms. The average Bonchev–Trinajstić information content (AvgIpc) is 3.01. The Bertz CT molecular complexity index is 702. The molecule has 0 spiro atoms. The topological polar surface area (TPSA) is 56.8 Å². The first kappa shape index (κ1) is 15.1. The summed E-state index contributed by atoms with van der Waals surface area (Å²) < 4.78 is 28.8. The second-order valence-corrected chi connectivity index (χ2v) is 5.14. The van der Waals surface area contributed by atoms with Crippen molar-refractivity contribution < 1.29 is 23.4 Å². The van der Waals surface area contributed by atoms with Gasteiger partial charge in [0.15, 0.2) is 18.1 Å². The molecular formula is C17H16FNO4. The third-order valence-corrected chi connectivity index (χ3v) is 3.46. The highest BCUT2D eigenvalue weighted by molar-refractivity contribution is 5.78. The zero-order valence-corrected chi connectivity index (χ0v) is 12.5. The highest BCUT2D eigenvalue weighted by Crippen LogP contribution is 2.35. The van der Waals surface area contributed by atoms with E-state index >= 15 is 0 Å². The van der Waals surface area contributed by atoms with Crippen molar-refractivity contribution in [2.75, 3.05) is 13.4 Å². The van der Waals surface area contributed by atoms with Crippen LogP contribution in [0.2, 0.25) is 0 Å². The van der Waals surface area contributed by atoms with Crippen LogP contribution in [0.15, 0.2) is 42.5 Å². The van der Waals surface area contributed by atoms with Gasteiger partial charge in [-0.05, 0) is 36.8 Å². The summed E-state index contributed by atoms with van der Waals surface area (Å²) in [6, 6.07) is 10.9. The van der Waals surface area contributed by atoms with Gasteiger partial charge in [0.2, 0.25) is 6.79 Å². The van der Waals surface area contributed by atoms with Gasteiger partial charge in [-0.25, -0.2) is 4.39 Å². The van der Waals surface area contributed by atoms with Crippen LogP contribution < -0.4 is 19.5 Å². The normalized spacial score (nSPS) is 13.5. The SMILES string of the molecule is C[C@H](NC(=O)COc1ccc2c(c1)OCO2)c1ccc(F)cc1. The number of halogens is 1. The van der Waals surface area contributed by atoms with E-state index in [9.17, 15) is 9.18 Å². The Balaban J connectivity index is 1.52. The summed E-state index contributed by atoms with van der Waals surface area (Å²) in [6.45, 7) is 1.89. The lowest BCUT2D eigenvalue weighted by molar-refractivity contribution is -0.123. The molecule has 0 saturated heterocycles. The summed E-state index contributed by atoms with van der Waals surface area (Å²) in [5.41, 5.74) is 0.822. The number of carbonyl (C=O) groups is 1. The fourth-order valence-electron chi connectivity index (χ4n) is 2.23. The predicted octanol–water partition coefficient (Wildman–Crippen LogP) is 2.81. The van der Waals surface area contributed by atoms with Gasteiger partial charge in [-0.15, -0.1) is 0 Å².